The molecule has 1 saturated heterocycles. The molecule has 5 heteroatoms. The van der Waals surface area contributed by atoms with Gasteiger partial charge in [-0.2, -0.15) is 0 Å². The number of aliphatic imine (C=N–C) groups is 1. The van der Waals surface area contributed by atoms with Crippen molar-refractivity contribution in [3.8, 4) is 0 Å². The second-order valence-electron chi connectivity index (χ2n) is 6.49. The van der Waals surface area contributed by atoms with Crippen LogP contribution < -0.4 is 10.6 Å². The summed E-state index contributed by atoms with van der Waals surface area (Å²) in [6, 6.07) is 13.5. The van der Waals surface area contributed by atoms with Gasteiger partial charge in [-0.15, -0.1) is 0 Å². The smallest absolute Gasteiger partial charge is 0.127 e. The lowest BCUT2D eigenvalue weighted by Gasteiger charge is -2.22. The molecular weight excluding hydrogens is 329 g/mol. The van der Waals surface area contributed by atoms with Gasteiger partial charge in [0, 0.05) is 30.4 Å². The van der Waals surface area contributed by atoms with Crippen LogP contribution in [0.2, 0.25) is 0 Å². The molecule has 3 N–H and O–H groups in total. The van der Waals surface area contributed by atoms with Crippen LogP contribution in [0.5, 0.6) is 0 Å². The minimum atomic E-state index is -0.354. The van der Waals surface area contributed by atoms with E-state index in [1.807, 2.05) is 12.1 Å². The van der Waals surface area contributed by atoms with Crippen molar-refractivity contribution in [2.24, 2.45) is 10.7 Å². The third-order valence-corrected chi connectivity index (χ3v) is 4.50. The maximum absolute atomic E-state index is 12.9. The maximum atomic E-state index is 12.9. The molecule has 1 aliphatic heterocycles. The van der Waals surface area contributed by atoms with Crippen LogP contribution in [0.1, 0.15) is 31.2 Å². The summed E-state index contributed by atoms with van der Waals surface area (Å²) >= 11 is 0. The SMILES string of the molecule is NC(/C=C(\O)c1ccc(F)cc1)=Nc1ccc(N2CCCCCC2)cc1. The van der Waals surface area contributed by atoms with Crippen molar-refractivity contribution in [2.45, 2.75) is 25.7 Å². The van der Waals surface area contributed by atoms with E-state index in [9.17, 15) is 9.50 Å². The monoisotopic (exact) mass is 353 g/mol. The zero-order valence-corrected chi connectivity index (χ0v) is 14.7. The van der Waals surface area contributed by atoms with Crippen molar-refractivity contribution in [3.05, 3.63) is 66.0 Å². The molecule has 0 unspecified atom stereocenters. The Kier molecular flexibility index (Phi) is 5.89. The molecular formula is C21H24FN3O. The molecule has 2 aromatic rings. The van der Waals surface area contributed by atoms with Crippen molar-refractivity contribution in [2.75, 3.05) is 18.0 Å². The van der Waals surface area contributed by atoms with E-state index in [1.165, 1.54) is 61.7 Å². The Morgan fingerprint density at radius 2 is 1.58 bits per heavy atom. The molecule has 0 amide bonds. The molecule has 2 aromatic carbocycles. The zero-order chi connectivity index (χ0) is 18.4. The van der Waals surface area contributed by atoms with Crippen molar-refractivity contribution in [1.82, 2.24) is 0 Å². The van der Waals surface area contributed by atoms with E-state index in [0.717, 1.165) is 18.8 Å². The third kappa shape index (κ3) is 4.85. The second kappa shape index (κ2) is 8.52. The Morgan fingerprint density at radius 1 is 0.962 bits per heavy atom. The fourth-order valence-corrected chi connectivity index (χ4v) is 3.09. The number of benzene rings is 2. The summed E-state index contributed by atoms with van der Waals surface area (Å²) in [5.41, 5.74) is 8.32. The van der Waals surface area contributed by atoms with E-state index in [-0.39, 0.29) is 17.4 Å². The summed E-state index contributed by atoms with van der Waals surface area (Å²) in [7, 11) is 0. The van der Waals surface area contributed by atoms with Gasteiger partial charge < -0.3 is 15.7 Å². The Bertz CT molecular complexity index is 774. The highest BCUT2D eigenvalue weighted by Crippen LogP contribution is 2.23. The average molecular weight is 353 g/mol. The van der Waals surface area contributed by atoms with Crippen LogP contribution >= 0.6 is 0 Å². The highest BCUT2D eigenvalue weighted by Gasteiger charge is 2.09. The fourth-order valence-electron chi connectivity index (χ4n) is 3.09. The highest BCUT2D eigenvalue weighted by atomic mass is 19.1. The predicted molar refractivity (Wildman–Crippen MR) is 105 cm³/mol. The molecule has 1 fully saturated rings. The third-order valence-electron chi connectivity index (χ3n) is 4.50. The van der Waals surface area contributed by atoms with Crippen LogP contribution in [0, 0.1) is 5.82 Å². The lowest BCUT2D eigenvalue weighted by Crippen LogP contribution is -2.23. The van der Waals surface area contributed by atoms with E-state index in [0.29, 0.717) is 5.56 Å². The number of halogens is 1. The standard InChI is InChI=1S/C21H24FN3O/c22-17-7-5-16(6-8-17)20(26)15-21(23)24-18-9-11-19(12-10-18)25-13-3-1-2-4-14-25/h5-12,15,26H,1-4,13-14H2,(H2,23,24)/b20-15-. The predicted octanol–water partition coefficient (Wildman–Crippen LogP) is 4.79. The van der Waals surface area contributed by atoms with Crippen LogP contribution in [0.4, 0.5) is 15.8 Å². The van der Waals surface area contributed by atoms with E-state index >= 15 is 0 Å². The van der Waals surface area contributed by atoms with E-state index in [1.54, 1.807) is 0 Å². The number of amidine groups is 1. The summed E-state index contributed by atoms with van der Waals surface area (Å²) in [6.45, 7) is 2.19. The van der Waals surface area contributed by atoms with E-state index < -0.39 is 0 Å². The van der Waals surface area contributed by atoms with Crippen LogP contribution in [-0.4, -0.2) is 24.0 Å². The lowest BCUT2D eigenvalue weighted by atomic mass is 10.2. The molecule has 136 valence electrons. The molecule has 0 atom stereocenters. The van der Waals surface area contributed by atoms with Gasteiger partial charge in [-0.05, 0) is 61.4 Å². The molecule has 0 aromatic heterocycles. The summed E-state index contributed by atoms with van der Waals surface area (Å²) in [5.74, 6) is -0.213. The first-order chi connectivity index (χ1) is 12.6. The summed E-state index contributed by atoms with van der Waals surface area (Å²) in [4.78, 5) is 6.72. The normalized spacial score (nSPS) is 16.4. The van der Waals surface area contributed by atoms with Crippen LogP contribution in [-0.2, 0) is 0 Å². The molecule has 1 heterocycles. The van der Waals surface area contributed by atoms with Crippen LogP contribution in [0.25, 0.3) is 5.76 Å². The molecule has 0 bridgehead atoms. The highest BCUT2D eigenvalue weighted by molar-refractivity contribution is 5.98. The largest absolute Gasteiger partial charge is 0.507 e. The molecule has 0 aliphatic carbocycles. The second-order valence-corrected chi connectivity index (χ2v) is 6.49. The van der Waals surface area contributed by atoms with Crippen molar-refractivity contribution in [1.29, 1.82) is 0 Å². The topological polar surface area (TPSA) is 61.9 Å². The van der Waals surface area contributed by atoms with Gasteiger partial charge in [0.15, 0.2) is 0 Å². The molecule has 0 radical (unpaired) electrons. The molecule has 1 aliphatic rings. The Hall–Kier alpha value is -2.82. The molecule has 0 spiro atoms. The number of hydrogen-bond acceptors (Lipinski definition) is 3. The quantitative estimate of drug-likeness (QED) is 0.472. The Morgan fingerprint density at radius 3 is 2.19 bits per heavy atom. The van der Waals surface area contributed by atoms with Crippen LogP contribution in [0.15, 0.2) is 59.6 Å². The van der Waals surface area contributed by atoms with E-state index in [4.69, 9.17) is 5.73 Å². The van der Waals surface area contributed by atoms with Crippen molar-refractivity contribution < 1.29 is 9.50 Å². The van der Waals surface area contributed by atoms with Gasteiger partial charge in [0.25, 0.3) is 0 Å². The number of nitrogens with zero attached hydrogens (tertiary/aromatic N) is 2. The van der Waals surface area contributed by atoms with Gasteiger partial charge in [0.2, 0.25) is 0 Å². The molecule has 3 rings (SSSR count). The van der Waals surface area contributed by atoms with Gasteiger partial charge in [-0.25, -0.2) is 9.38 Å². The first-order valence-corrected chi connectivity index (χ1v) is 8.97. The van der Waals surface area contributed by atoms with Gasteiger partial charge in [0.05, 0.1) is 5.69 Å². The van der Waals surface area contributed by atoms with Gasteiger partial charge >= 0.3 is 0 Å². The number of nitrogens with two attached hydrogens (primary N) is 1. The molecule has 0 saturated carbocycles. The zero-order valence-electron chi connectivity index (χ0n) is 14.7. The summed E-state index contributed by atoms with van der Waals surface area (Å²) in [6.07, 6.45) is 6.45. The Labute approximate surface area is 153 Å². The maximum Gasteiger partial charge on any atom is 0.127 e. The first kappa shape index (κ1) is 18.0. The van der Waals surface area contributed by atoms with Crippen molar-refractivity contribution >= 4 is 23.0 Å². The number of rotatable bonds is 4. The number of aliphatic hydroxyl groups is 1. The van der Waals surface area contributed by atoms with E-state index in [2.05, 4.69) is 22.0 Å². The summed E-state index contributed by atoms with van der Waals surface area (Å²) in [5, 5.41) is 10.1. The number of anilines is 1. The van der Waals surface area contributed by atoms with Crippen LogP contribution in [0.3, 0.4) is 0 Å². The minimum absolute atomic E-state index is 0.0487. The Balaban J connectivity index is 1.70. The fraction of sp³-hybridized carbons (Fsp3) is 0.286. The first-order valence-electron chi connectivity index (χ1n) is 8.97. The lowest BCUT2D eigenvalue weighted by molar-refractivity contribution is 0.512. The van der Waals surface area contributed by atoms with Crippen molar-refractivity contribution in [3.63, 3.8) is 0 Å². The molecule has 4 nitrogen and oxygen atoms in total. The minimum Gasteiger partial charge on any atom is -0.507 e. The number of aliphatic hydroxyl groups excluding tert-OH is 1. The van der Waals surface area contributed by atoms with Gasteiger partial charge in [-0.3, -0.25) is 0 Å². The average Bonchev–Trinajstić information content (AvgIpc) is 2.92. The summed E-state index contributed by atoms with van der Waals surface area (Å²) < 4.78 is 12.9. The van der Waals surface area contributed by atoms with Gasteiger partial charge in [0.1, 0.15) is 17.4 Å². The molecule has 26 heavy (non-hydrogen) atoms. The number of hydrogen-bond donors (Lipinski definition) is 2. The van der Waals surface area contributed by atoms with Gasteiger partial charge in [-0.1, -0.05) is 12.8 Å².